The zero-order chi connectivity index (χ0) is 17.4. The highest BCUT2D eigenvalue weighted by Gasteiger charge is 2.28. The van der Waals surface area contributed by atoms with Crippen molar-refractivity contribution in [2.24, 2.45) is 0 Å². The Kier molecular flexibility index (Phi) is 4.19. The maximum absolute atomic E-state index is 10.9. The molecular weight excluding hydrogens is 336 g/mol. The molecule has 0 aromatic carbocycles. The summed E-state index contributed by atoms with van der Waals surface area (Å²) in [5.41, 5.74) is 5.46. The van der Waals surface area contributed by atoms with Gasteiger partial charge in [0, 0.05) is 41.5 Å². The Morgan fingerprint density at radius 3 is 2.88 bits per heavy atom. The van der Waals surface area contributed by atoms with Crippen molar-refractivity contribution in [2.75, 3.05) is 0 Å². The Balaban J connectivity index is 1.67. The smallest absolute Gasteiger partial charge is 0.156 e. The molecule has 1 N–H and O–H groups in total. The van der Waals surface area contributed by atoms with Crippen LogP contribution in [-0.4, -0.2) is 28.7 Å². The van der Waals surface area contributed by atoms with E-state index in [2.05, 4.69) is 15.0 Å². The van der Waals surface area contributed by atoms with E-state index in [-0.39, 0.29) is 5.75 Å². The zero-order valence-electron chi connectivity index (χ0n) is 13.7. The van der Waals surface area contributed by atoms with Gasteiger partial charge in [0.2, 0.25) is 0 Å². The van der Waals surface area contributed by atoms with Crippen molar-refractivity contribution in [3.63, 3.8) is 0 Å². The van der Waals surface area contributed by atoms with Crippen molar-refractivity contribution >= 4 is 11.1 Å². The van der Waals surface area contributed by atoms with Crippen LogP contribution in [0.1, 0.15) is 35.7 Å². The second kappa shape index (κ2) is 6.50. The van der Waals surface area contributed by atoms with Crippen LogP contribution in [0, 0.1) is 6.92 Å². The first-order chi connectivity index (χ1) is 12.1. The number of aryl methyl sites for hydroxylation is 1. The molecule has 3 aromatic heterocycles. The molecule has 0 amide bonds. The third kappa shape index (κ3) is 3.52. The number of hydrogen-bond donors (Lipinski definition) is 1. The monoisotopic (exact) mass is 353 g/mol. The Morgan fingerprint density at radius 2 is 2.12 bits per heavy atom. The molecule has 1 saturated carbocycles. The summed E-state index contributed by atoms with van der Waals surface area (Å²) < 4.78 is 21.8. The fraction of sp³-hybridized carbons (Fsp3) is 0.278. The van der Waals surface area contributed by atoms with Crippen LogP contribution in [0.15, 0.2) is 36.8 Å². The molecule has 3 aromatic rings. The van der Waals surface area contributed by atoms with Gasteiger partial charge in [-0.2, -0.15) is 0 Å². The molecular formula is C18H17N4O2S-. The van der Waals surface area contributed by atoms with Gasteiger partial charge in [0.15, 0.2) is 5.82 Å². The molecule has 128 valence electrons. The van der Waals surface area contributed by atoms with E-state index in [1.165, 1.54) is 12.8 Å². The SMILES string of the molecule is Cc1[nH]c(-c2cc(-c3cncc(CS(=O)[O-])c3)ccn2)nc1C1CC1. The van der Waals surface area contributed by atoms with Crippen molar-refractivity contribution in [1.82, 2.24) is 19.9 Å². The lowest BCUT2D eigenvalue weighted by molar-refractivity contribution is 0.536. The van der Waals surface area contributed by atoms with E-state index in [4.69, 9.17) is 4.98 Å². The van der Waals surface area contributed by atoms with Crippen LogP contribution in [-0.2, 0) is 16.8 Å². The summed E-state index contributed by atoms with van der Waals surface area (Å²) in [5, 5.41) is 0. The van der Waals surface area contributed by atoms with Crippen LogP contribution in [0.4, 0.5) is 0 Å². The number of hydrogen-bond acceptors (Lipinski definition) is 5. The quantitative estimate of drug-likeness (QED) is 0.711. The Bertz CT molecular complexity index is 950. The predicted molar refractivity (Wildman–Crippen MR) is 94.4 cm³/mol. The minimum atomic E-state index is -2.13. The van der Waals surface area contributed by atoms with Crippen molar-refractivity contribution < 1.29 is 8.76 Å². The predicted octanol–water partition coefficient (Wildman–Crippen LogP) is 3.10. The molecule has 1 atom stereocenters. The van der Waals surface area contributed by atoms with E-state index >= 15 is 0 Å². The lowest BCUT2D eigenvalue weighted by Gasteiger charge is -2.07. The number of nitrogens with zero attached hydrogens (tertiary/aromatic N) is 3. The first-order valence-electron chi connectivity index (χ1n) is 8.13. The second-order valence-electron chi connectivity index (χ2n) is 6.33. The Morgan fingerprint density at radius 1 is 1.28 bits per heavy atom. The molecule has 0 aliphatic heterocycles. The highest BCUT2D eigenvalue weighted by molar-refractivity contribution is 7.78. The van der Waals surface area contributed by atoms with Gasteiger partial charge >= 0.3 is 0 Å². The van der Waals surface area contributed by atoms with E-state index in [0.29, 0.717) is 11.5 Å². The molecule has 1 unspecified atom stereocenters. The second-order valence-corrected chi connectivity index (χ2v) is 7.23. The van der Waals surface area contributed by atoms with Crippen molar-refractivity contribution in [2.45, 2.75) is 31.4 Å². The number of pyridine rings is 2. The zero-order valence-corrected chi connectivity index (χ0v) is 14.5. The van der Waals surface area contributed by atoms with E-state index in [1.807, 2.05) is 25.1 Å². The van der Waals surface area contributed by atoms with E-state index in [1.54, 1.807) is 18.6 Å². The Labute approximate surface area is 148 Å². The van der Waals surface area contributed by atoms with Gasteiger partial charge in [0.25, 0.3) is 0 Å². The van der Waals surface area contributed by atoms with Crippen LogP contribution in [0.3, 0.4) is 0 Å². The third-order valence-electron chi connectivity index (χ3n) is 4.30. The van der Waals surface area contributed by atoms with Gasteiger partial charge < -0.3 is 9.54 Å². The van der Waals surface area contributed by atoms with Gasteiger partial charge in [-0.3, -0.25) is 14.2 Å². The van der Waals surface area contributed by atoms with Gasteiger partial charge in [0.1, 0.15) is 5.69 Å². The summed E-state index contributed by atoms with van der Waals surface area (Å²) in [6, 6.07) is 5.67. The molecule has 1 aliphatic carbocycles. The minimum Gasteiger partial charge on any atom is -0.772 e. The number of rotatable bonds is 5. The molecule has 0 spiro atoms. The topological polar surface area (TPSA) is 94.6 Å². The lowest BCUT2D eigenvalue weighted by Crippen LogP contribution is -1.95. The summed E-state index contributed by atoms with van der Waals surface area (Å²) in [6.07, 6.45) is 7.44. The van der Waals surface area contributed by atoms with Gasteiger partial charge in [-0.15, -0.1) is 0 Å². The first kappa shape index (κ1) is 16.1. The maximum Gasteiger partial charge on any atom is 0.156 e. The largest absolute Gasteiger partial charge is 0.772 e. The average Bonchev–Trinajstić information content (AvgIpc) is 3.37. The minimum absolute atomic E-state index is 0.0408. The van der Waals surface area contributed by atoms with Crippen LogP contribution in [0.25, 0.3) is 22.6 Å². The standard InChI is InChI=1S/C18H18N4O2S/c1-11-17(13-2-3-13)22-18(21-11)16-7-14(4-5-20-16)15-6-12(8-19-9-15)10-25(23)24/h4-9,13H,2-3,10H2,1H3,(H,21,22)(H,23,24)/p-1. The molecule has 4 rings (SSSR count). The summed E-state index contributed by atoms with van der Waals surface area (Å²) in [4.78, 5) is 16.6. The van der Waals surface area contributed by atoms with Gasteiger partial charge in [-0.05, 0) is 49.1 Å². The van der Waals surface area contributed by atoms with E-state index < -0.39 is 11.1 Å². The molecule has 7 heteroatoms. The molecule has 1 fully saturated rings. The molecule has 0 saturated heterocycles. The summed E-state index contributed by atoms with van der Waals surface area (Å²) in [7, 11) is 0. The molecule has 1 aliphatic rings. The number of nitrogens with one attached hydrogen (secondary N) is 1. The normalized spacial score (nSPS) is 15.3. The fourth-order valence-corrected chi connectivity index (χ4v) is 3.38. The molecule has 6 nitrogen and oxygen atoms in total. The fourth-order valence-electron chi connectivity index (χ4n) is 2.95. The third-order valence-corrected chi connectivity index (χ3v) is 4.87. The van der Waals surface area contributed by atoms with Crippen LogP contribution < -0.4 is 0 Å². The summed E-state index contributed by atoms with van der Waals surface area (Å²) in [6.45, 7) is 2.05. The van der Waals surface area contributed by atoms with Crippen LogP contribution in [0.2, 0.25) is 0 Å². The molecule has 3 heterocycles. The van der Waals surface area contributed by atoms with Crippen molar-refractivity contribution in [1.29, 1.82) is 0 Å². The first-order valence-corrected chi connectivity index (χ1v) is 9.37. The van der Waals surface area contributed by atoms with Gasteiger partial charge in [-0.25, -0.2) is 4.98 Å². The van der Waals surface area contributed by atoms with Crippen LogP contribution >= 0.6 is 0 Å². The highest BCUT2D eigenvalue weighted by Crippen LogP contribution is 2.41. The molecule has 0 radical (unpaired) electrons. The van der Waals surface area contributed by atoms with Crippen LogP contribution in [0.5, 0.6) is 0 Å². The number of H-pyrrole nitrogens is 1. The lowest BCUT2D eigenvalue weighted by atomic mass is 10.1. The number of aromatic amines is 1. The van der Waals surface area contributed by atoms with E-state index in [9.17, 15) is 8.76 Å². The van der Waals surface area contributed by atoms with Gasteiger partial charge in [-0.1, -0.05) is 11.1 Å². The summed E-state index contributed by atoms with van der Waals surface area (Å²) in [5.74, 6) is 1.31. The highest BCUT2D eigenvalue weighted by atomic mass is 32.2. The van der Waals surface area contributed by atoms with Crippen molar-refractivity contribution in [3.8, 4) is 22.6 Å². The maximum atomic E-state index is 10.9. The van der Waals surface area contributed by atoms with Gasteiger partial charge in [0.05, 0.1) is 5.69 Å². The van der Waals surface area contributed by atoms with E-state index in [0.717, 1.165) is 34.0 Å². The number of aromatic nitrogens is 4. The van der Waals surface area contributed by atoms with Crippen molar-refractivity contribution in [3.05, 3.63) is 53.7 Å². The Hall–Kier alpha value is -2.38. The molecule has 25 heavy (non-hydrogen) atoms. The average molecular weight is 353 g/mol. The number of imidazole rings is 1. The molecule has 0 bridgehead atoms. The summed E-state index contributed by atoms with van der Waals surface area (Å²) >= 11 is -2.13.